The summed E-state index contributed by atoms with van der Waals surface area (Å²) >= 11 is 0. The molecule has 0 spiro atoms. The van der Waals surface area contributed by atoms with Gasteiger partial charge in [0.15, 0.2) is 0 Å². The molecule has 0 saturated carbocycles. The molecule has 0 aromatic heterocycles. The predicted molar refractivity (Wildman–Crippen MR) is 196 cm³/mol. The topological polar surface area (TPSA) is 238 Å². The van der Waals surface area contributed by atoms with E-state index in [0.29, 0.717) is 38.6 Å². The van der Waals surface area contributed by atoms with Crippen LogP contribution in [-0.4, -0.2) is 103 Å². The molecule has 0 aliphatic carbocycles. The Morgan fingerprint density at radius 1 is 0.481 bits per heavy atom. The van der Waals surface area contributed by atoms with Crippen molar-refractivity contribution in [2.24, 2.45) is 5.73 Å². The Hall–Kier alpha value is -4.02. The molecule has 0 fully saturated rings. The van der Waals surface area contributed by atoms with E-state index in [2.05, 4.69) is 31.9 Å². The van der Waals surface area contributed by atoms with Crippen LogP contribution in [0.25, 0.3) is 0 Å². The maximum Gasteiger partial charge on any atom is 0.408 e. The second-order valence-corrected chi connectivity index (χ2v) is 16.5. The third kappa shape index (κ3) is 27.7. The fourth-order valence-corrected chi connectivity index (χ4v) is 4.22. The lowest BCUT2D eigenvalue weighted by atomic mass is 10.1. The van der Waals surface area contributed by atoms with Crippen molar-refractivity contribution >= 4 is 36.2 Å². The first-order chi connectivity index (χ1) is 23.7. The summed E-state index contributed by atoms with van der Waals surface area (Å²) in [6, 6.07) is -2.43. The molecule has 302 valence electrons. The molecule has 52 heavy (non-hydrogen) atoms. The Labute approximate surface area is 309 Å². The van der Waals surface area contributed by atoms with E-state index in [1.54, 1.807) is 83.1 Å². The van der Waals surface area contributed by atoms with E-state index >= 15 is 0 Å². The van der Waals surface area contributed by atoms with Gasteiger partial charge < -0.3 is 56.6 Å². The monoisotopic (exact) mass is 745 g/mol. The van der Waals surface area contributed by atoms with Gasteiger partial charge >= 0.3 is 24.4 Å². The minimum Gasteiger partial charge on any atom is -0.444 e. The average molecular weight is 746 g/mol. The average Bonchev–Trinajstić information content (AvgIpc) is 2.93. The first-order valence-corrected chi connectivity index (χ1v) is 17.9. The SMILES string of the molecule is CC(C)(C)OC(=O)NCCC[C@@H](CNC(=O)[C@H](CCCNC(=O)[C@H](N)CCCNC(=O)OC(C)(C)C)NC(=O)OC(C)(C)C)NC(=O)OC(C)(C)C. The van der Waals surface area contributed by atoms with Gasteiger partial charge in [-0.05, 0) is 122 Å². The Morgan fingerprint density at radius 3 is 1.33 bits per heavy atom. The summed E-state index contributed by atoms with van der Waals surface area (Å²) in [6.07, 6.45) is -0.556. The molecule has 17 nitrogen and oxygen atoms in total. The Balaban J connectivity index is 5.27. The van der Waals surface area contributed by atoms with Crippen LogP contribution in [-0.2, 0) is 28.5 Å². The first-order valence-electron chi connectivity index (χ1n) is 17.9. The van der Waals surface area contributed by atoms with E-state index in [9.17, 15) is 28.8 Å². The number of rotatable bonds is 18. The second-order valence-electron chi connectivity index (χ2n) is 16.5. The van der Waals surface area contributed by atoms with Crippen LogP contribution in [0.15, 0.2) is 0 Å². The molecule has 0 saturated heterocycles. The molecule has 6 amide bonds. The van der Waals surface area contributed by atoms with Crippen LogP contribution in [0, 0.1) is 0 Å². The Morgan fingerprint density at radius 2 is 0.865 bits per heavy atom. The summed E-state index contributed by atoms with van der Waals surface area (Å²) < 4.78 is 21.2. The van der Waals surface area contributed by atoms with Gasteiger partial charge in [-0.1, -0.05) is 0 Å². The number of carbonyl (C=O) groups excluding carboxylic acids is 6. The number of hydrogen-bond acceptors (Lipinski definition) is 11. The zero-order valence-corrected chi connectivity index (χ0v) is 33.5. The summed E-state index contributed by atoms with van der Waals surface area (Å²) in [6.45, 7) is 21.5. The van der Waals surface area contributed by atoms with Crippen LogP contribution < -0.4 is 37.6 Å². The number of carbonyl (C=O) groups is 6. The van der Waals surface area contributed by atoms with Gasteiger partial charge in [0, 0.05) is 32.2 Å². The molecule has 0 aliphatic rings. The third-order valence-electron chi connectivity index (χ3n) is 6.31. The van der Waals surface area contributed by atoms with E-state index in [4.69, 9.17) is 24.7 Å². The number of hydrogen-bond donors (Lipinski definition) is 7. The van der Waals surface area contributed by atoms with Gasteiger partial charge in [-0.3, -0.25) is 9.59 Å². The van der Waals surface area contributed by atoms with Gasteiger partial charge in [0.05, 0.1) is 6.04 Å². The molecule has 0 aromatic rings. The van der Waals surface area contributed by atoms with Crippen molar-refractivity contribution in [3.05, 3.63) is 0 Å². The van der Waals surface area contributed by atoms with Crippen LogP contribution in [0.4, 0.5) is 19.2 Å². The maximum atomic E-state index is 13.4. The highest BCUT2D eigenvalue weighted by atomic mass is 16.6. The number of amides is 6. The van der Waals surface area contributed by atoms with Crippen LogP contribution in [0.3, 0.4) is 0 Å². The van der Waals surface area contributed by atoms with Crippen molar-refractivity contribution in [1.29, 1.82) is 0 Å². The fraction of sp³-hybridized carbons (Fsp3) is 0.829. The zero-order valence-electron chi connectivity index (χ0n) is 33.5. The fourth-order valence-electron chi connectivity index (χ4n) is 4.22. The highest BCUT2D eigenvalue weighted by molar-refractivity contribution is 5.85. The Kier molecular flexibility index (Phi) is 20.4. The maximum absolute atomic E-state index is 13.4. The predicted octanol–water partition coefficient (Wildman–Crippen LogP) is 3.72. The van der Waals surface area contributed by atoms with Crippen LogP contribution >= 0.6 is 0 Å². The van der Waals surface area contributed by atoms with E-state index in [0.717, 1.165) is 0 Å². The van der Waals surface area contributed by atoms with Crippen LogP contribution in [0.5, 0.6) is 0 Å². The van der Waals surface area contributed by atoms with Crippen molar-refractivity contribution < 1.29 is 47.7 Å². The lowest BCUT2D eigenvalue weighted by Crippen LogP contribution is -2.52. The molecular formula is C35H67N7O10. The van der Waals surface area contributed by atoms with Gasteiger partial charge in [0.25, 0.3) is 0 Å². The van der Waals surface area contributed by atoms with Gasteiger partial charge in [-0.2, -0.15) is 0 Å². The quantitative estimate of drug-likeness (QED) is 0.0788. The molecule has 0 radical (unpaired) electrons. The van der Waals surface area contributed by atoms with Gasteiger partial charge in [-0.15, -0.1) is 0 Å². The van der Waals surface area contributed by atoms with E-state index in [1.165, 1.54) is 0 Å². The van der Waals surface area contributed by atoms with E-state index < -0.39 is 76.7 Å². The van der Waals surface area contributed by atoms with Crippen LogP contribution in [0.2, 0.25) is 0 Å². The molecule has 0 rings (SSSR count). The summed E-state index contributed by atoms with van der Waals surface area (Å²) in [4.78, 5) is 74.9. The molecule has 3 atom stereocenters. The number of alkyl carbamates (subject to hydrolysis) is 4. The number of nitrogens with two attached hydrogens (primary N) is 1. The summed E-state index contributed by atoms with van der Waals surface area (Å²) in [5.41, 5.74) is 3.18. The van der Waals surface area contributed by atoms with E-state index in [1.807, 2.05) is 0 Å². The molecule has 0 aromatic carbocycles. The molecule has 0 bridgehead atoms. The minimum atomic E-state index is -1.03. The summed E-state index contributed by atoms with van der Waals surface area (Å²) in [5.74, 6) is -0.926. The van der Waals surface area contributed by atoms with Gasteiger partial charge in [0.2, 0.25) is 11.8 Å². The highest BCUT2D eigenvalue weighted by Gasteiger charge is 2.26. The molecule has 0 unspecified atom stereocenters. The third-order valence-corrected chi connectivity index (χ3v) is 6.31. The van der Waals surface area contributed by atoms with Crippen molar-refractivity contribution in [3.8, 4) is 0 Å². The summed E-state index contributed by atoms with van der Waals surface area (Å²) in [7, 11) is 0. The van der Waals surface area contributed by atoms with Crippen molar-refractivity contribution in [2.45, 2.75) is 162 Å². The number of nitrogens with one attached hydrogen (secondary N) is 6. The van der Waals surface area contributed by atoms with E-state index in [-0.39, 0.29) is 26.1 Å². The first kappa shape index (κ1) is 48.0. The zero-order chi connectivity index (χ0) is 40.3. The number of ether oxygens (including phenoxy) is 4. The Bertz CT molecular complexity index is 1150. The molecule has 17 heteroatoms. The van der Waals surface area contributed by atoms with Crippen molar-refractivity contribution in [3.63, 3.8) is 0 Å². The van der Waals surface area contributed by atoms with Gasteiger partial charge in [-0.25, -0.2) is 19.2 Å². The molecule has 8 N–H and O–H groups in total. The summed E-state index contributed by atoms with van der Waals surface area (Å²) in [5, 5.41) is 16.1. The largest absolute Gasteiger partial charge is 0.444 e. The lowest BCUT2D eigenvalue weighted by Gasteiger charge is -2.26. The van der Waals surface area contributed by atoms with Gasteiger partial charge in [0.1, 0.15) is 28.4 Å². The lowest BCUT2D eigenvalue weighted by molar-refractivity contribution is -0.123. The van der Waals surface area contributed by atoms with Crippen molar-refractivity contribution in [1.82, 2.24) is 31.9 Å². The molecule has 0 heterocycles. The smallest absolute Gasteiger partial charge is 0.408 e. The second kappa shape index (κ2) is 22.1. The van der Waals surface area contributed by atoms with Crippen molar-refractivity contribution in [2.75, 3.05) is 26.2 Å². The standard InChI is InChI=1S/C35H67N7O10/c1-32(2,3)49-28(45)38-20-13-16-23(41-30(47)51-34(7,8)9)22-40-27(44)25(42-31(48)52-35(10,11)12)18-15-19-37-26(43)24(36)17-14-21-39-29(46)50-33(4,5)6/h23-25H,13-22,36H2,1-12H3,(H,37,43)(H,38,45)(H,39,46)(H,40,44)(H,41,47)(H,42,48)/t23-,24+,25-/m0/s1. The highest BCUT2D eigenvalue weighted by Crippen LogP contribution is 2.11. The van der Waals surface area contributed by atoms with Crippen LogP contribution in [0.1, 0.15) is 122 Å². The molecule has 0 aliphatic heterocycles. The normalized spacial score (nSPS) is 13.7. The molecular weight excluding hydrogens is 678 g/mol. The minimum absolute atomic E-state index is 0.00855.